The smallest absolute Gasteiger partial charge is 0.475 e. The number of alkyl halides is 3. The van der Waals surface area contributed by atoms with Crippen LogP contribution < -0.4 is 5.32 Å². The van der Waals surface area contributed by atoms with E-state index >= 15 is 0 Å². The molecule has 1 aliphatic heterocycles. The van der Waals surface area contributed by atoms with Crippen LogP contribution in [0.3, 0.4) is 0 Å². The molecular weight excluding hydrogens is 503 g/mol. The van der Waals surface area contributed by atoms with E-state index in [1.165, 1.54) is 12.8 Å². The largest absolute Gasteiger partial charge is 0.490 e. The van der Waals surface area contributed by atoms with Gasteiger partial charge in [-0.05, 0) is 73.6 Å². The molecule has 1 fully saturated rings. The van der Waals surface area contributed by atoms with Gasteiger partial charge in [0.15, 0.2) is 5.82 Å². The normalized spacial score (nSPS) is 15.4. The van der Waals surface area contributed by atoms with Crippen molar-refractivity contribution in [2.24, 2.45) is 5.92 Å². The molecule has 200 valence electrons. The number of fused-ring (bicyclic) bond motifs is 1. The van der Waals surface area contributed by atoms with Crippen LogP contribution in [-0.4, -0.2) is 62.0 Å². The minimum Gasteiger partial charge on any atom is -0.475 e. The predicted molar refractivity (Wildman–Crippen MR) is 131 cm³/mol. The Hall–Kier alpha value is -4.22. The van der Waals surface area contributed by atoms with E-state index in [1.807, 2.05) is 36.1 Å². The Morgan fingerprint density at radius 1 is 1.18 bits per heavy atom. The summed E-state index contributed by atoms with van der Waals surface area (Å²) in [7, 11) is 1.58. The standard InChI is InChI=1S/C24H25N5O2.C2HF3O2/c1-13-21(23(30)25-3)28-22(27-13)20-11-17(8-9-26-20)16-6-7-19-18(10-16)12-29(24(19)31)14(2)15-4-5-15;3-2(4,5)1(6)7/h6-11,14-15H,4-5,12H2,1-3H3,(H,25,30)(H,27,28);(H,6,7). The monoisotopic (exact) mass is 529 g/mol. The van der Waals surface area contributed by atoms with Crippen LogP contribution in [0.2, 0.25) is 0 Å². The third kappa shape index (κ3) is 5.53. The molecule has 38 heavy (non-hydrogen) atoms. The SMILES string of the molecule is CNC(=O)c1nc(-c2cc(-c3ccc4c(c3)CN(C(C)C3CC3)C4=O)ccn2)[nH]c1C.O=C(O)C(F)(F)F. The van der Waals surface area contributed by atoms with Gasteiger partial charge in [0, 0.05) is 37.1 Å². The van der Waals surface area contributed by atoms with E-state index in [2.05, 4.69) is 33.3 Å². The Kier molecular flexibility index (Phi) is 7.25. The number of carbonyl (C=O) groups is 3. The first-order valence-corrected chi connectivity index (χ1v) is 11.9. The van der Waals surface area contributed by atoms with E-state index in [4.69, 9.17) is 9.90 Å². The zero-order valence-electron chi connectivity index (χ0n) is 20.9. The van der Waals surface area contributed by atoms with Crippen LogP contribution >= 0.6 is 0 Å². The number of nitrogens with zero attached hydrogens (tertiary/aromatic N) is 3. The van der Waals surface area contributed by atoms with Gasteiger partial charge in [0.1, 0.15) is 11.4 Å². The fourth-order valence-corrected chi connectivity index (χ4v) is 4.35. The maximum atomic E-state index is 12.8. The van der Waals surface area contributed by atoms with Crippen molar-refractivity contribution >= 4 is 17.8 Å². The molecule has 0 spiro atoms. The minimum absolute atomic E-state index is 0.143. The van der Waals surface area contributed by atoms with Crippen molar-refractivity contribution in [1.29, 1.82) is 0 Å². The Morgan fingerprint density at radius 2 is 1.84 bits per heavy atom. The van der Waals surface area contributed by atoms with Crippen molar-refractivity contribution in [2.45, 2.75) is 45.5 Å². The summed E-state index contributed by atoms with van der Waals surface area (Å²) in [5, 5.41) is 9.73. The van der Waals surface area contributed by atoms with E-state index in [1.54, 1.807) is 13.2 Å². The topological polar surface area (TPSA) is 128 Å². The molecule has 3 N–H and O–H groups in total. The highest BCUT2D eigenvalue weighted by Crippen LogP contribution is 2.39. The highest BCUT2D eigenvalue weighted by Gasteiger charge is 2.39. The molecule has 12 heteroatoms. The number of halogens is 3. The number of aryl methyl sites for hydroxylation is 1. The number of aromatic amines is 1. The van der Waals surface area contributed by atoms with Crippen LogP contribution in [0.5, 0.6) is 0 Å². The number of aromatic nitrogens is 3. The molecule has 0 saturated heterocycles. The molecule has 1 atom stereocenters. The summed E-state index contributed by atoms with van der Waals surface area (Å²) >= 11 is 0. The van der Waals surface area contributed by atoms with Crippen molar-refractivity contribution in [3.8, 4) is 22.6 Å². The average molecular weight is 530 g/mol. The summed E-state index contributed by atoms with van der Waals surface area (Å²) in [6.07, 6.45) is -0.900. The average Bonchev–Trinajstić information content (AvgIpc) is 3.59. The number of hydrogen-bond acceptors (Lipinski definition) is 5. The minimum atomic E-state index is -5.08. The molecule has 1 saturated carbocycles. The Morgan fingerprint density at radius 3 is 2.45 bits per heavy atom. The molecule has 2 aliphatic rings. The maximum Gasteiger partial charge on any atom is 0.490 e. The summed E-state index contributed by atoms with van der Waals surface area (Å²) < 4.78 is 31.7. The third-order valence-corrected chi connectivity index (χ3v) is 6.64. The van der Waals surface area contributed by atoms with Gasteiger partial charge in [-0.2, -0.15) is 13.2 Å². The van der Waals surface area contributed by atoms with Crippen LogP contribution in [0, 0.1) is 12.8 Å². The first-order chi connectivity index (χ1) is 17.9. The van der Waals surface area contributed by atoms with Gasteiger partial charge in [-0.1, -0.05) is 6.07 Å². The molecule has 3 heterocycles. The zero-order chi connectivity index (χ0) is 27.8. The van der Waals surface area contributed by atoms with Crippen LogP contribution in [0.25, 0.3) is 22.6 Å². The van der Waals surface area contributed by atoms with E-state index in [0.29, 0.717) is 41.4 Å². The maximum absolute atomic E-state index is 12.8. The lowest BCUT2D eigenvalue weighted by Gasteiger charge is -2.23. The lowest BCUT2D eigenvalue weighted by atomic mass is 10.0. The lowest BCUT2D eigenvalue weighted by Crippen LogP contribution is -2.34. The zero-order valence-corrected chi connectivity index (χ0v) is 20.9. The predicted octanol–water partition coefficient (Wildman–Crippen LogP) is 4.19. The van der Waals surface area contributed by atoms with Crippen LogP contribution in [0.1, 0.15) is 51.9 Å². The van der Waals surface area contributed by atoms with E-state index in [9.17, 15) is 22.8 Å². The number of carboxylic acid groups (broad SMARTS) is 1. The van der Waals surface area contributed by atoms with Gasteiger partial charge in [0.2, 0.25) is 0 Å². The summed E-state index contributed by atoms with van der Waals surface area (Å²) in [5.41, 5.74) is 5.63. The van der Waals surface area contributed by atoms with Gasteiger partial charge in [0.05, 0.1) is 0 Å². The van der Waals surface area contributed by atoms with Crippen molar-refractivity contribution in [3.05, 3.63) is 59.0 Å². The number of aliphatic carboxylic acids is 1. The second kappa shape index (κ2) is 10.3. The molecule has 9 nitrogen and oxygen atoms in total. The van der Waals surface area contributed by atoms with Crippen molar-refractivity contribution in [1.82, 2.24) is 25.2 Å². The number of rotatable bonds is 5. The molecule has 0 radical (unpaired) electrons. The van der Waals surface area contributed by atoms with E-state index < -0.39 is 12.1 Å². The van der Waals surface area contributed by atoms with Gasteiger partial charge < -0.3 is 20.3 Å². The molecule has 5 rings (SSSR count). The number of benzene rings is 1. The fourth-order valence-electron chi connectivity index (χ4n) is 4.35. The quantitative estimate of drug-likeness (QED) is 0.455. The fraction of sp³-hybridized carbons (Fsp3) is 0.346. The number of H-pyrrole nitrogens is 1. The van der Waals surface area contributed by atoms with Gasteiger partial charge in [-0.15, -0.1) is 0 Å². The molecule has 1 aromatic carbocycles. The summed E-state index contributed by atoms with van der Waals surface area (Å²) in [6, 6.07) is 10.2. The van der Waals surface area contributed by atoms with Gasteiger partial charge in [0.25, 0.3) is 11.8 Å². The van der Waals surface area contributed by atoms with Crippen LogP contribution in [0.15, 0.2) is 36.5 Å². The Balaban J connectivity index is 0.000000426. The number of nitrogens with one attached hydrogen (secondary N) is 2. The van der Waals surface area contributed by atoms with Gasteiger partial charge in [-0.3, -0.25) is 14.6 Å². The Bertz CT molecular complexity index is 1400. The lowest BCUT2D eigenvalue weighted by molar-refractivity contribution is -0.192. The highest BCUT2D eigenvalue weighted by molar-refractivity contribution is 5.99. The summed E-state index contributed by atoms with van der Waals surface area (Å²) in [4.78, 5) is 47.7. The van der Waals surface area contributed by atoms with Gasteiger partial charge >= 0.3 is 12.1 Å². The van der Waals surface area contributed by atoms with E-state index in [0.717, 1.165) is 22.3 Å². The summed E-state index contributed by atoms with van der Waals surface area (Å²) in [5.74, 6) is -1.64. The van der Waals surface area contributed by atoms with Crippen molar-refractivity contribution in [3.63, 3.8) is 0 Å². The molecular formula is C26H26F3N5O4. The number of pyridine rings is 1. The number of amides is 2. The first-order valence-electron chi connectivity index (χ1n) is 11.9. The van der Waals surface area contributed by atoms with Crippen LogP contribution in [-0.2, 0) is 11.3 Å². The molecule has 2 amide bonds. The third-order valence-electron chi connectivity index (χ3n) is 6.64. The van der Waals surface area contributed by atoms with Crippen LogP contribution in [0.4, 0.5) is 13.2 Å². The number of imidazole rings is 1. The number of hydrogen-bond donors (Lipinski definition) is 3. The molecule has 1 aliphatic carbocycles. The van der Waals surface area contributed by atoms with Crippen molar-refractivity contribution in [2.75, 3.05) is 7.05 Å². The Labute approximate surface area is 216 Å². The second-order valence-electron chi connectivity index (χ2n) is 9.25. The highest BCUT2D eigenvalue weighted by atomic mass is 19.4. The molecule has 0 bridgehead atoms. The first kappa shape index (κ1) is 26.8. The van der Waals surface area contributed by atoms with Gasteiger partial charge in [-0.25, -0.2) is 9.78 Å². The molecule has 2 aromatic heterocycles. The van der Waals surface area contributed by atoms with Crippen molar-refractivity contribution < 1.29 is 32.7 Å². The molecule has 3 aromatic rings. The van der Waals surface area contributed by atoms with E-state index in [-0.39, 0.29) is 11.8 Å². The molecule has 1 unspecified atom stereocenters. The second-order valence-corrected chi connectivity index (χ2v) is 9.25. The summed E-state index contributed by atoms with van der Waals surface area (Å²) in [6.45, 7) is 4.65. The number of carbonyl (C=O) groups excluding carboxylic acids is 2. The number of carboxylic acids is 1.